The lowest BCUT2D eigenvalue weighted by molar-refractivity contribution is -0.0688. The highest BCUT2D eigenvalue weighted by molar-refractivity contribution is 5.92. The van der Waals surface area contributed by atoms with Gasteiger partial charge in [-0.2, -0.15) is 0 Å². The summed E-state index contributed by atoms with van der Waals surface area (Å²) in [4.78, 5) is 20.8. The van der Waals surface area contributed by atoms with Crippen molar-refractivity contribution in [2.75, 3.05) is 0 Å². The summed E-state index contributed by atoms with van der Waals surface area (Å²) < 4.78 is 0. The normalized spacial score (nSPS) is 37.1. The van der Waals surface area contributed by atoms with Crippen molar-refractivity contribution in [3.8, 4) is 0 Å². The Labute approximate surface area is 132 Å². The molecule has 0 aromatic carbocycles. The van der Waals surface area contributed by atoms with Crippen molar-refractivity contribution in [2.24, 2.45) is 23.2 Å². The van der Waals surface area contributed by atoms with Crippen molar-refractivity contribution in [3.05, 3.63) is 23.8 Å². The minimum Gasteiger partial charge on any atom is -0.348 e. The quantitative estimate of drug-likeness (QED) is 0.933. The van der Waals surface area contributed by atoms with Crippen molar-refractivity contribution >= 4 is 5.91 Å². The molecule has 4 aliphatic rings. The van der Waals surface area contributed by atoms with Gasteiger partial charge in [-0.05, 0) is 75.5 Å². The van der Waals surface area contributed by atoms with Crippen LogP contribution in [-0.4, -0.2) is 21.9 Å². The highest BCUT2D eigenvalue weighted by Crippen LogP contribution is 2.61. The number of aryl methyl sites for hydroxylation is 1. The zero-order valence-corrected chi connectivity index (χ0v) is 13.5. The summed E-state index contributed by atoms with van der Waals surface area (Å²) in [5, 5.41) is 3.23. The largest absolute Gasteiger partial charge is 0.348 e. The number of nitrogens with one attached hydrogen (secondary N) is 1. The summed E-state index contributed by atoms with van der Waals surface area (Å²) in [5.74, 6) is 2.65. The molecule has 1 aromatic heterocycles. The van der Waals surface area contributed by atoms with E-state index in [4.69, 9.17) is 0 Å². The van der Waals surface area contributed by atoms with Crippen LogP contribution in [0.3, 0.4) is 0 Å². The number of rotatable bonds is 3. The first kappa shape index (κ1) is 14.2. The average Bonchev–Trinajstić information content (AvgIpc) is 2.46. The van der Waals surface area contributed by atoms with E-state index in [0.29, 0.717) is 11.1 Å². The topological polar surface area (TPSA) is 54.9 Å². The Kier molecular flexibility index (Phi) is 3.24. The van der Waals surface area contributed by atoms with Gasteiger partial charge in [-0.1, -0.05) is 0 Å². The third-order valence-corrected chi connectivity index (χ3v) is 6.37. The molecule has 1 amide bonds. The minimum absolute atomic E-state index is 0.0734. The van der Waals surface area contributed by atoms with Crippen molar-refractivity contribution in [2.45, 2.75) is 58.4 Å². The predicted molar refractivity (Wildman–Crippen MR) is 84.3 cm³/mol. The Balaban J connectivity index is 1.49. The fourth-order valence-electron chi connectivity index (χ4n) is 5.64. The van der Waals surface area contributed by atoms with Crippen molar-refractivity contribution in [1.82, 2.24) is 15.3 Å². The molecule has 22 heavy (non-hydrogen) atoms. The van der Waals surface area contributed by atoms with E-state index < -0.39 is 0 Å². The van der Waals surface area contributed by atoms with Crippen LogP contribution in [0.25, 0.3) is 0 Å². The van der Waals surface area contributed by atoms with Gasteiger partial charge in [0.05, 0.1) is 11.9 Å². The predicted octanol–water partition coefficient (Wildman–Crippen LogP) is 3.12. The van der Waals surface area contributed by atoms with Gasteiger partial charge in [0.25, 0.3) is 5.91 Å². The lowest BCUT2D eigenvalue weighted by Gasteiger charge is -2.59. The molecule has 118 valence electrons. The average molecular weight is 299 g/mol. The molecule has 5 rings (SSSR count). The molecule has 4 fully saturated rings. The first-order valence-corrected chi connectivity index (χ1v) is 8.63. The van der Waals surface area contributed by atoms with Crippen LogP contribution in [0.2, 0.25) is 0 Å². The summed E-state index contributed by atoms with van der Waals surface area (Å²) in [6, 6.07) is 0.233. The lowest BCUT2D eigenvalue weighted by Crippen LogP contribution is -2.55. The van der Waals surface area contributed by atoms with Gasteiger partial charge < -0.3 is 5.32 Å². The zero-order valence-electron chi connectivity index (χ0n) is 13.5. The second-order valence-corrected chi connectivity index (χ2v) is 8.02. The number of hydrogen-bond donors (Lipinski definition) is 1. The van der Waals surface area contributed by atoms with E-state index in [1.807, 2.05) is 6.92 Å². The van der Waals surface area contributed by atoms with Gasteiger partial charge in [-0.3, -0.25) is 9.78 Å². The number of carbonyl (C=O) groups is 1. The molecule has 4 saturated carbocycles. The zero-order chi connectivity index (χ0) is 15.3. The maximum atomic E-state index is 12.4. The second-order valence-electron chi connectivity index (χ2n) is 8.02. The molecule has 4 aliphatic carbocycles. The van der Waals surface area contributed by atoms with Crippen LogP contribution < -0.4 is 5.32 Å². The van der Waals surface area contributed by atoms with Crippen molar-refractivity contribution in [3.63, 3.8) is 0 Å². The van der Waals surface area contributed by atoms with Gasteiger partial charge in [0.1, 0.15) is 5.69 Å². The Morgan fingerprint density at radius 1 is 1.14 bits per heavy atom. The van der Waals surface area contributed by atoms with E-state index in [9.17, 15) is 4.79 Å². The first-order chi connectivity index (χ1) is 10.5. The molecular weight excluding hydrogens is 274 g/mol. The van der Waals surface area contributed by atoms with E-state index >= 15 is 0 Å². The number of aromatic nitrogens is 2. The first-order valence-electron chi connectivity index (χ1n) is 8.63. The maximum absolute atomic E-state index is 12.4. The Morgan fingerprint density at radius 3 is 2.23 bits per heavy atom. The number of nitrogens with zero attached hydrogens (tertiary/aromatic N) is 2. The van der Waals surface area contributed by atoms with Crippen LogP contribution in [0, 0.1) is 30.1 Å². The highest BCUT2D eigenvalue weighted by atomic mass is 16.1. The molecule has 1 heterocycles. The van der Waals surface area contributed by atoms with Gasteiger partial charge in [0.2, 0.25) is 0 Å². The van der Waals surface area contributed by atoms with E-state index in [-0.39, 0.29) is 11.9 Å². The van der Waals surface area contributed by atoms with Crippen LogP contribution in [0.5, 0.6) is 0 Å². The monoisotopic (exact) mass is 299 g/mol. The van der Waals surface area contributed by atoms with E-state index in [0.717, 1.165) is 23.4 Å². The summed E-state index contributed by atoms with van der Waals surface area (Å²) in [6.07, 6.45) is 11.5. The maximum Gasteiger partial charge on any atom is 0.271 e. The molecule has 1 atom stereocenters. The van der Waals surface area contributed by atoms with Crippen LogP contribution in [-0.2, 0) is 0 Å². The highest BCUT2D eigenvalue weighted by Gasteiger charge is 2.53. The molecule has 0 spiro atoms. The van der Waals surface area contributed by atoms with Gasteiger partial charge in [-0.25, -0.2) is 4.98 Å². The van der Waals surface area contributed by atoms with Crippen molar-refractivity contribution < 1.29 is 4.79 Å². The molecule has 1 aromatic rings. The van der Waals surface area contributed by atoms with Gasteiger partial charge in [0, 0.05) is 12.2 Å². The van der Waals surface area contributed by atoms with E-state index in [1.165, 1.54) is 38.5 Å². The minimum atomic E-state index is -0.0734. The molecule has 4 heteroatoms. The number of amides is 1. The second kappa shape index (κ2) is 5.04. The number of hydrogen-bond acceptors (Lipinski definition) is 3. The van der Waals surface area contributed by atoms with Gasteiger partial charge in [-0.15, -0.1) is 0 Å². The van der Waals surface area contributed by atoms with Gasteiger partial charge >= 0.3 is 0 Å². The molecule has 0 aliphatic heterocycles. The van der Waals surface area contributed by atoms with Crippen molar-refractivity contribution in [1.29, 1.82) is 0 Å². The Morgan fingerprint density at radius 2 is 1.73 bits per heavy atom. The third kappa shape index (κ3) is 2.33. The molecule has 4 bridgehead atoms. The molecule has 0 unspecified atom stereocenters. The fourth-order valence-corrected chi connectivity index (χ4v) is 5.64. The summed E-state index contributed by atoms with van der Waals surface area (Å²) in [5.41, 5.74) is 1.61. The fraction of sp³-hybridized carbons (Fsp3) is 0.722. The Hall–Kier alpha value is -1.45. The molecule has 1 N–H and O–H groups in total. The van der Waals surface area contributed by atoms with Crippen LogP contribution in [0.1, 0.15) is 61.6 Å². The van der Waals surface area contributed by atoms with Crippen LogP contribution in [0.15, 0.2) is 12.4 Å². The number of carbonyl (C=O) groups excluding carboxylic acids is 1. The van der Waals surface area contributed by atoms with Gasteiger partial charge in [0.15, 0.2) is 0 Å². The standard InChI is InChI=1S/C18H25N3O/c1-11-9-20-16(10-19-11)17(22)21-12(2)18-6-13-3-14(7-18)5-15(4-13)8-18/h9-10,12-15H,3-8H2,1-2H3,(H,21,22)/t12-,13?,14?,15?,18?/m0/s1. The van der Waals surface area contributed by atoms with E-state index in [1.54, 1.807) is 12.4 Å². The molecule has 4 nitrogen and oxygen atoms in total. The Bertz CT molecular complexity index is 545. The van der Waals surface area contributed by atoms with E-state index in [2.05, 4.69) is 22.2 Å². The molecule has 0 radical (unpaired) electrons. The summed E-state index contributed by atoms with van der Waals surface area (Å²) in [6.45, 7) is 4.08. The summed E-state index contributed by atoms with van der Waals surface area (Å²) >= 11 is 0. The lowest BCUT2D eigenvalue weighted by atomic mass is 9.48. The SMILES string of the molecule is Cc1cnc(C(=O)N[C@@H](C)C23CC4CC(CC(C4)C2)C3)cn1. The summed E-state index contributed by atoms with van der Waals surface area (Å²) in [7, 11) is 0. The molecular formula is C18H25N3O. The van der Waals surface area contributed by atoms with Crippen LogP contribution >= 0.6 is 0 Å². The molecule has 0 saturated heterocycles. The smallest absolute Gasteiger partial charge is 0.271 e. The van der Waals surface area contributed by atoms with Crippen LogP contribution in [0.4, 0.5) is 0 Å². The third-order valence-electron chi connectivity index (χ3n) is 6.37.